The summed E-state index contributed by atoms with van der Waals surface area (Å²) in [6, 6.07) is 12.8. The Morgan fingerprint density at radius 2 is 1.84 bits per heavy atom. The lowest BCUT2D eigenvalue weighted by Gasteiger charge is -2.27. The summed E-state index contributed by atoms with van der Waals surface area (Å²) in [6.07, 6.45) is 0.844. The lowest BCUT2D eigenvalue weighted by molar-refractivity contribution is 0.0376. The highest BCUT2D eigenvalue weighted by atomic mass is 79.9. The van der Waals surface area contributed by atoms with Crippen LogP contribution in [0.3, 0.4) is 0 Å². The van der Waals surface area contributed by atoms with Crippen molar-refractivity contribution in [3.05, 3.63) is 58.1 Å². The summed E-state index contributed by atoms with van der Waals surface area (Å²) in [7, 11) is 0. The van der Waals surface area contributed by atoms with E-state index in [-0.39, 0.29) is 11.7 Å². The number of anilines is 1. The Balaban J connectivity index is 1.57. The zero-order valence-electron chi connectivity index (χ0n) is 17.3. The maximum Gasteiger partial charge on any atom is 0.260 e. The molecular formula is C23H24BrN3O3S. The largest absolute Gasteiger partial charge is 0.379 e. The first-order valence-electron chi connectivity index (χ1n) is 10.3. The second kappa shape index (κ2) is 9.99. The number of halogens is 1. The second-order valence-electron chi connectivity index (χ2n) is 7.51. The van der Waals surface area contributed by atoms with E-state index in [9.17, 15) is 9.59 Å². The number of amides is 1. The number of rotatable bonds is 7. The molecule has 6 nitrogen and oxygen atoms in total. The summed E-state index contributed by atoms with van der Waals surface area (Å²) < 4.78 is 7.44. The zero-order valence-corrected chi connectivity index (χ0v) is 19.7. The van der Waals surface area contributed by atoms with E-state index >= 15 is 0 Å². The SMILES string of the molecule is CC(=O)c1ccc(C(=O)N(CCCN2CCOCC2)c2nc3ccc(Br)cc3s2)cc1. The molecule has 162 valence electrons. The van der Waals surface area contributed by atoms with Crippen molar-refractivity contribution in [1.29, 1.82) is 0 Å². The van der Waals surface area contributed by atoms with Gasteiger partial charge in [0, 0.05) is 41.8 Å². The smallest absolute Gasteiger partial charge is 0.260 e. The fourth-order valence-corrected chi connectivity index (χ4v) is 5.11. The van der Waals surface area contributed by atoms with E-state index < -0.39 is 0 Å². The summed E-state index contributed by atoms with van der Waals surface area (Å²) in [5.74, 6) is -0.117. The first-order chi connectivity index (χ1) is 15.0. The third kappa shape index (κ3) is 5.38. The molecule has 3 aromatic rings. The molecule has 0 atom stereocenters. The minimum atomic E-state index is -0.102. The number of thiazole rings is 1. The number of ketones is 1. The van der Waals surface area contributed by atoms with Crippen LogP contribution in [0.5, 0.6) is 0 Å². The molecule has 1 saturated heterocycles. The van der Waals surface area contributed by atoms with Gasteiger partial charge in [0.15, 0.2) is 10.9 Å². The van der Waals surface area contributed by atoms with E-state index in [4.69, 9.17) is 9.72 Å². The molecule has 4 rings (SSSR count). The number of carbonyl (C=O) groups excluding carboxylic acids is 2. The fourth-order valence-electron chi connectivity index (χ4n) is 3.57. The molecule has 0 N–H and O–H groups in total. The Bertz CT molecular complexity index is 1080. The summed E-state index contributed by atoms with van der Waals surface area (Å²) in [5, 5.41) is 0.690. The van der Waals surface area contributed by atoms with Gasteiger partial charge in [0.2, 0.25) is 0 Å². The summed E-state index contributed by atoms with van der Waals surface area (Å²) >= 11 is 5.02. The zero-order chi connectivity index (χ0) is 21.8. The monoisotopic (exact) mass is 501 g/mol. The number of morpholine rings is 1. The molecular weight excluding hydrogens is 478 g/mol. The number of aromatic nitrogens is 1. The van der Waals surface area contributed by atoms with Gasteiger partial charge in [-0.15, -0.1) is 0 Å². The third-order valence-corrected chi connectivity index (χ3v) is 6.85. The molecule has 1 aromatic heterocycles. The predicted molar refractivity (Wildman–Crippen MR) is 127 cm³/mol. The number of nitrogens with zero attached hydrogens (tertiary/aromatic N) is 3. The van der Waals surface area contributed by atoms with Gasteiger partial charge in [-0.2, -0.15) is 0 Å². The van der Waals surface area contributed by atoms with Crippen LogP contribution in [0.1, 0.15) is 34.1 Å². The van der Waals surface area contributed by atoms with E-state index in [1.165, 1.54) is 18.3 Å². The average molecular weight is 502 g/mol. The Morgan fingerprint density at radius 1 is 1.13 bits per heavy atom. The van der Waals surface area contributed by atoms with Crippen molar-refractivity contribution < 1.29 is 14.3 Å². The second-order valence-corrected chi connectivity index (χ2v) is 9.43. The van der Waals surface area contributed by atoms with Crippen LogP contribution in [0.4, 0.5) is 5.13 Å². The van der Waals surface area contributed by atoms with E-state index in [1.54, 1.807) is 29.2 Å². The lowest BCUT2D eigenvalue weighted by atomic mass is 10.1. The molecule has 1 amide bonds. The third-order valence-electron chi connectivity index (χ3n) is 5.31. The molecule has 0 spiro atoms. The van der Waals surface area contributed by atoms with Gasteiger partial charge in [0.1, 0.15) is 0 Å². The van der Waals surface area contributed by atoms with Crippen molar-refractivity contribution in [3.8, 4) is 0 Å². The normalized spacial score (nSPS) is 14.6. The minimum absolute atomic E-state index is 0.0156. The van der Waals surface area contributed by atoms with Gasteiger partial charge in [0.25, 0.3) is 5.91 Å². The van der Waals surface area contributed by atoms with E-state index in [0.29, 0.717) is 22.8 Å². The molecule has 8 heteroatoms. The highest BCUT2D eigenvalue weighted by Gasteiger charge is 2.22. The van der Waals surface area contributed by atoms with Gasteiger partial charge in [0.05, 0.1) is 23.4 Å². The Kier molecular flexibility index (Phi) is 7.12. The van der Waals surface area contributed by atoms with Crippen LogP contribution in [0.25, 0.3) is 10.2 Å². The minimum Gasteiger partial charge on any atom is -0.379 e. The summed E-state index contributed by atoms with van der Waals surface area (Å²) in [5.41, 5.74) is 2.03. The Labute approximate surface area is 193 Å². The molecule has 0 bridgehead atoms. The molecule has 1 aliphatic rings. The van der Waals surface area contributed by atoms with Gasteiger partial charge in [-0.25, -0.2) is 4.98 Å². The number of ether oxygens (including phenoxy) is 1. The Hall–Kier alpha value is -2.13. The molecule has 0 radical (unpaired) electrons. The molecule has 1 fully saturated rings. The van der Waals surface area contributed by atoms with Gasteiger partial charge < -0.3 is 4.74 Å². The quantitative estimate of drug-likeness (QED) is 0.441. The van der Waals surface area contributed by atoms with Gasteiger partial charge in [-0.05, 0) is 43.7 Å². The van der Waals surface area contributed by atoms with E-state index in [0.717, 1.165) is 54.0 Å². The molecule has 2 aromatic carbocycles. The van der Waals surface area contributed by atoms with Crippen molar-refractivity contribution in [2.24, 2.45) is 0 Å². The molecule has 0 aliphatic carbocycles. The van der Waals surface area contributed by atoms with Gasteiger partial charge in [-0.1, -0.05) is 39.4 Å². The fraction of sp³-hybridized carbons (Fsp3) is 0.348. The van der Waals surface area contributed by atoms with Crippen LogP contribution in [-0.4, -0.2) is 61.0 Å². The molecule has 2 heterocycles. The number of Topliss-reactive ketones (excluding diaryl/α,β-unsaturated/α-hetero) is 1. The Morgan fingerprint density at radius 3 is 2.55 bits per heavy atom. The van der Waals surface area contributed by atoms with Crippen molar-refractivity contribution >= 4 is 54.3 Å². The van der Waals surface area contributed by atoms with Crippen LogP contribution < -0.4 is 4.90 Å². The number of hydrogen-bond acceptors (Lipinski definition) is 6. The lowest BCUT2D eigenvalue weighted by Crippen LogP contribution is -2.39. The van der Waals surface area contributed by atoms with E-state index in [1.807, 2.05) is 18.2 Å². The first-order valence-corrected chi connectivity index (χ1v) is 11.9. The number of carbonyl (C=O) groups is 2. The summed E-state index contributed by atoms with van der Waals surface area (Å²) in [6.45, 7) is 6.38. The molecule has 31 heavy (non-hydrogen) atoms. The average Bonchev–Trinajstić information content (AvgIpc) is 3.20. The van der Waals surface area contributed by atoms with Crippen molar-refractivity contribution in [3.63, 3.8) is 0 Å². The highest BCUT2D eigenvalue weighted by molar-refractivity contribution is 9.10. The number of benzene rings is 2. The van der Waals surface area contributed by atoms with Crippen molar-refractivity contribution in [1.82, 2.24) is 9.88 Å². The van der Waals surface area contributed by atoms with Crippen LogP contribution >= 0.6 is 27.3 Å². The maximum atomic E-state index is 13.4. The van der Waals surface area contributed by atoms with Crippen LogP contribution in [0, 0.1) is 0 Å². The van der Waals surface area contributed by atoms with Gasteiger partial charge in [-0.3, -0.25) is 19.4 Å². The van der Waals surface area contributed by atoms with Crippen LogP contribution in [0.2, 0.25) is 0 Å². The number of hydrogen-bond donors (Lipinski definition) is 0. The molecule has 0 unspecified atom stereocenters. The predicted octanol–water partition coefficient (Wildman–Crippen LogP) is 4.63. The molecule has 0 saturated carbocycles. The molecule has 1 aliphatic heterocycles. The highest BCUT2D eigenvalue weighted by Crippen LogP contribution is 2.32. The number of fused-ring (bicyclic) bond motifs is 1. The van der Waals surface area contributed by atoms with Crippen LogP contribution in [-0.2, 0) is 4.74 Å². The van der Waals surface area contributed by atoms with Crippen molar-refractivity contribution in [2.45, 2.75) is 13.3 Å². The van der Waals surface area contributed by atoms with Gasteiger partial charge >= 0.3 is 0 Å². The van der Waals surface area contributed by atoms with Crippen LogP contribution in [0.15, 0.2) is 46.9 Å². The summed E-state index contributed by atoms with van der Waals surface area (Å²) in [4.78, 5) is 33.9. The van der Waals surface area contributed by atoms with E-state index in [2.05, 4.69) is 20.8 Å². The first kappa shape index (κ1) is 22.1. The maximum absolute atomic E-state index is 13.4. The topological polar surface area (TPSA) is 62.7 Å². The van der Waals surface area contributed by atoms with Crippen molar-refractivity contribution in [2.75, 3.05) is 44.3 Å². The standard InChI is InChI=1S/C23H24BrN3O3S/c1-16(28)17-3-5-18(6-4-17)22(29)27(10-2-9-26-11-13-30-14-12-26)23-25-20-8-7-19(24)15-21(20)31-23/h3-8,15H,2,9-14H2,1H3.